The molecule has 1 aliphatic heterocycles. The summed E-state index contributed by atoms with van der Waals surface area (Å²) < 4.78 is 40.5. The zero-order valence-electron chi connectivity index (χ0n) is 15.6. The summed E-state index contributed by atoms with van der Waals surface area (Å²) in [5.41, 5.74) is 3.72. The van der Waals surface area contributed by atoms with Crippen molar-refractivity contribution in [3.63, 3.8) is 0 Å². The lowest BCUT2D eigenvalue weighted by molar-refractivity contribution is -0.131. The molecular weight excluding hydrogens is 379 g/mol. The summed E-state index contributed by atoms with van der Waals surface area (Å²) in [6, 6.07) is 11.6. The minimum atomic E-state index is -3.89. The number of amides is 1. The van der Waals surface area contributed by atoms with Gasteiger partial charge in [-0.15, -0.1) is 0 Å². The molecule has 1 amide bonds. The fraction of sp³-hybridized carbons (Fsp3) is 0.381. The third-order valence-electron chi connectivity index (χ3n) is 5.56. The van der Waals surface area contributed by atoms with E-state index in [9.17, 15) is 17.6 Å². The van der Waals surface area contributed by atoms with Crippen molar-refractivity contribution in [3.05, 3.63) is 65.0 Å². The van der Waals surface area contributed by atoms with Crippen LogP contribution in [0.4, 0.5) is 4.39 Å². The quantitative estimate of drug-likeness (QED) is 0.789. The van der Waals surface area contributed by atoms with Crippen LogP contribution in [0, 0.1) is 5.82 Å². The number of aryl methyl sites for hydroxylation is 2. The molecule has 2 aliphatic rings. The number of halogens is 1. The van der Waals surface area contributed by atoms with E-state index in [1.807, 2.05) is 6.07 Å². The lowest BCUT2D eigenvalue weighted by atomic mass is 10.0. The van der Waals surface area contributed by atoms with E-state index >= 15 is 0 Å². The molecule has 148 valence electrons. The van der Waals surface area contributed by atoms with Crippen molar-refractivity contribution in [2.24, 2.45) is 0 Å². The highest BCUT2D eigenvalue weighted by molar-refractivity contribution is 7.89. The second kappa shape index (κ2) is 7.64. The Morgan fingerprint density at radius 3 is 2.43 bits per heavy atom. The highest BCUT2D eigenvalue weighted by atomic mass is 32.2. The summed E-state index contributed by atoms with van der Waals surface area (Å²) >= 11 is 0. The maximum Gasteiger partial charge on any atom is 0.246 e. The lowest BCUT2D eigenvalue weighted by Gasteiger charge is -2.34. The minimum Gasteiger partial charge on any atom is -0.340 e. The van der Waals surface area contributed by atoms with Crippen LogP contribution < -0.4 is 0 Å². The second-order valence-corrected chi connectivity index (χ2v) is 9.26. The van der Waals surface area contributed by atoms with E-state index in [1.165, 1.54) is 40.1 Å². The molecule has 5 nitrogen and oxygen atoms in total. The van der Waals surface area contributed by atoms with Gasteiger partial charge in [0.05, 0.1) is 6.42 Å². The van der Waals surface area contributed by atoms with Gasteiger partial charge in [-0.05, 0) is 48.1 Å². The molecule has 0 spiro atoms. The lowest BCUT2D eigenvalue weighted by Crippen LogP contribution is -2.51. The Balaban J connectivity index is 1.38. The molecule has 28 heavy (non-hydrogen) atoms. The van der Waals surface area contributed by atoms with Gasteiger partial charge < -0.3 is 4.90 Å². The van der Waals surface area contributed by atoms with E-state index in [1.54, 1.807) is 4.90 Å². The normalized spacial score (nSPS) is 17.5. The molecule has 1 saturated heterocycles. The maximum atomic E-state index is 13.9. The van der Waals surface area contributed by atoms with Crippen LogP contribution >= 0.6 is 0 Å². The SMILES string of the molecule is O=C(Cc1ccc2c(c1)CCC2)N1CCN(S(=O)(=O)c2ccccc2F)CC1. The molecule has 0 bridgehead atoms. The molecule has 7 heteroatoms. The standard InChI is InChI=1S/C21H23FN2O3S/c22-19-6-1-2-7-20(19)28(26,27)24-12-10-23(11-13-24)21(25)15-16-8-9-17-4-3-5-18(17)14-16/h1-2,6-9,14H,3-5,10-13,15H2. The van der Waals surface area contributed by atoms with Gasteiger partial charge in [-0.25, -0.2) is 12.8 Å². The van der Waals surface area contributed by atoms with Crippen LogP contribution in [0.15, 0.2) is 47.4 Å². The predicted octanol–water partition coefficient (Wildman–Crippen LogP) is 2.39. The first-order valence-corrected chi connectivity index (χ1v) is 11.0. The van der Waals surface area contributed by atoms with Gasteiger partial charge in [0.25, 0.3) is 0 Å². The average Bonchev–Trinajstić information content (AvgIpc) is 3.16. The molecule has 0 saturated carbocycles. The molecule has 1 heterocycles. The van der Waals surface area contributed by atoms with Crippen molar-refractivity contribution < 1.29 is 17.6 Å². The van der Waals surface area contributed by atoms with Gasteiger partial charge >= 0.3 is 0 Å². The first-order valence-electron chi connectivity index (χ1n) is 9.58. The number of rotatable bonds is 4. The number of hydrogen-bond acceptors (Lipinski definition) is 3. The first-order chi connectivity index (χ1) is 13.4. The summed E-state index contributed by atoms with van der Waals surface area (Å²) in [5, 5.41) is 0. The molecular formula is C21H23FN2O3S. The highest BCUT2D eigenvalue weighted by Crippen LogP contribution is 2.24. The third-order valence-corrected chi connectivity index (χ3v) is 7.50. The van der Waals surface area contributed by atoms with Crippen molar-refractivity contribution in [3.8, 4) is 0 Å². The molecule has 0 aromatic heterocycles. The Bertz CT molecular complexity index is 998. The van der Waals surface area contributed by atoms with E-state index in [2.05, 4.69) is 12.1 Å². The molecule has 0 N–H and O–H groups in total. The Morgan fingerprint density at radius 2 is 1.68 bits per heavy atom. The number of piperazine rings is 1. The zero-order chi connectivity index (χ0) is 19.7. The molecule has 0 atom stereocenters. The maximum absolute atomic E-state index is 13.9. The number of carbonyl (C=O) groups excluding carboxylic acids is 1. The number of nitrogens with zero attached hydrogens (tertiary/aromatic N) is 2. The van der Waals surface area contributed by atoms with Crippen LogP contribution in [-0.2, 0) is 34.1 Å². The van der Waals surface area contributed by atoms with Crippen molar-refractivity contribution >= 4 is 15.9 Å². The van der Waals surface area contributed by atoms with E-state index in [4.69, 9.17) is 0 Å². The molecule has 4 rings (SSSR count). The van der Waals surface area contributed by atoms with E-state index in [-0.39, 0.29) is 23.9 Å². The summed E-state index contributed by atoms with van der Waals surface area (Å²) in [5.74, 6) is -0.751. The van der Waals surface area contributed by atoms with Gasteiger partial charge in [0, 0.05) is 26.2 Å². The fourth-order valence-electron chi connectivity index (χ4n) is 3.99. The minimum absolute atomic E-state index is 0.000821. The average molecular weight is 402 g/mol. The van der Waals surface area contributed by atoms with Gasteiger partial charge in [-0.1, -0.05) is 30.3 Å². The van der Waals surface area contributed by atoms with Crippen molar-refractivity contribution in [2.75, 3.05) is 26.2 Å². The topological polar surface area (TPSA) is 57.7 Å². The molecule has 0 radical (unpaired) electrons. The van der Waals surface area contributed by atoms with Crippen molar-refractivity contribution in [1.29, 1.82) is 0 Å². The predicted molar refractivity (Wildman–Crippen MR) is 104 cm³/mol. The van der Waals surface area contributed by atoms with Gasteiger partial charge in [-0.2, -0.15) is 4.31 Å². The van der Waals surface area contributed by atoms with Crippen LogP contribution in [0.3, 0.4) is 0 Å². The Kier molecular flexibility index (Phi) is 5.21. The number of fused-ring (bicyclic) bond motifs is 1. The second-order valence-electron chi connectivity index (χ2n) is 7.35. The summed E-state index contributed by atoms with van der Waals surface area (Å²) in [6.45, 7) is 0.980. The number of carbonyl (C=O) groups is 1. The van der Waals surface area contributed by atoms with Gasteiger partial charge in [0.2, 0.25) is 15.9 Å². The molecule has 1 fully saturated rings. The van der Waals surface area contributed by atoms with Gasteiger partial charge in [0.15, 0.2) is 0 Å². The van der Waals surface area contributed by atoms with Crippen LogP contribution in [0.2, 0.25) is 0 Å². The molecule has 1 aliphatic carbocycles. The van der Waals surface area contributed by atoms with Crippen LogP contribution in [-0.4, -0.2) is 49.7 Å². The number of sulfonamides is 1. The van der Waals surface area contributed by atoms with Crippen LogP contribution in [0.5, 0.6) is 0 Å². The van der Waals surface area contributed by atoms with E-state index < -0.39 is 15.8 Å². The Morgan fingerprint density at radius 1 is 0.964 bits per heavy atom. The fourth-order valence-corrected chi connectivity index (χ4v) is 5.48. The third kappa shape index (κ3) is 3.69. The Labute approximate surface area is 164 Å². The van der Waals surface area contributed by atoms with Crippen molar-refractivity contribution in [2.45, 2.75) is 30.6 Å². The van der Waals surface area contributed by atoms with Gasteiger partial charge in [0.1, 0.15) is 10.7 Å². The molecule has 2 aromatic carbocycles. The smallest absolute Gasteiger partial charge is 0.246 e. The largest absolute Gasteiger partial charge is 0.340 e. The first kappa shape index (κ1) is 19.1. The molecule has 0 unspecified atom stereocenters. The van der Waals surface area contributed by atoms with Crippen molar-refractivity contribution in [1.82, 2.24) is 9.21 Å². The van der Waals surface area contributed by atoms with E-state index in [0.29, 0.717) is 19.5 Å². The highest BCUT2D eigenvalue weighted by Gasteiger charge is 2.31. The zero-order valence-corrected chi connectivity index (χ0v) is 16.4. The molecule has 2 aromatic rings. The summed E-state index contributed by atoms with van der Waals surface area (Å²) in [6.07, 6.45) is 3.68. The van der Waals surface area contributed by atoms with Crippen LogP contribution in [0.25, 0.3) is 0 Å². The van der Waals surface area contributed by atoms with Gasteiger partial charge in [-0.3, -0.25) is 4.79 Å². The van der Waals surface area contributed by atoms with E-state index in [0.717, 1.165) is 24.5 Å². The van der Waals surface area contributed by atoms with Crippen LogP contribution in [0.1, 0.15) is 23.1 Å². The summed E-state index contributed by atoms with van der Waals surface area (Å²) in [7, 11) is -3.89. The summed E-state index contributed by atoms with van der Waals surface area (Å²) in [4.78, 5) is 14.0. The number of hydrogen-bond donors (Lipinski definition) is 0. The monoisotopic (exact) mass is 402 g/mol. The Hall–Kier alpha value is -2.25. The number of benzene rings is 2.